The molecule has 0 radical (unpaired) electrons. The molecule has 8 heteroatoms. The van der Waals surface area contributed by atoms with Gasteiger partial charge in [-0.3, -0.25) is 4.79 Å². The second kappa shape index (κ2) is 7.35. The van der Waals surface area contributed by atoms with Crippen molar-refractivity contribution in [2.24, 2.45) is 5.92 Å². The van der Waals surface area contributed by atoms with Crippen molar-refractivity contribution < 1.29 is 9.21 Å². The molecule has 0 spiro atoms. The van der Waals surface area contributed by atoms with Gasteiger partial charge in [-0.25, -0.2) is 15.0 Å². The van der Waals surface area contributed by atoms with E-state index in [1.54, 1.807) is 19.3 Å². The molecule has 0 bridgehead atoms. The van der Waals surface area contributed by atoms with Crippen LogP contribution in [0.2, 0.25) is 0 Å². The van der Waals surface area contributed by atoms with Crippen molar-refractivity contribution >= 4 is 17.5 Å². The molecule has 1 fully saturated rings. The summed E-state index contributed by atoms with van der Waals surface area (Å²) in [6.45, 7) is 9.13. The topological polar surface area (TPSA) is 108 Å². The van der Waals surface area contributed by atoms with Gasteiger partial charge in [0, 0.05) is 31.3 Å². The lowest BCUT2D eigenvalue weighted by atomic mass is 9.95. The van der Waals surface area contributed by atoms with Crippen molar-refractivity contribution in [3.63, 3.8) is 0 Å². The molecule has 1 aliphatic heterocycles. The summed E-state index contributed by atoms with van der Waals surface area (Å²) < 4.78 is 5.55. The van der Waals surface area contributed by atoms with Crippen LogP contribution in [0.25, 0.3) is 0 Å². The molecule has 0 unspecified atom stereocenters. The van der Waals surface area contributed by atoms with Crippen LogP contribution in [0.1, 0.15) is 51.0 Å². The molecule has 1 N–H and O–H groups in total. The van der Waals surface area contributed by atoms with E-state index in [9.17, 15) is 4.79 Å². The van der Waals surface area contributed by atoms with Gasteiger partial charge in [-0.2, -0.15) is 5.26 Å². The molecule has 3 heterocycles. The van der Waals surface area contributed by atoms with Gasteiger partial charge in [0.1, 0.15) is 11.9 Å². The summed E-state index contributed by atoms with van der Waals surface area (Å²) in [6, 6.07) is 2.06. The van der Waals surface area contributed by atoms with Crippen LogP contribution in [-0.4, -0.2) is 33.9 Å². The van der Waals surface area contributed by atoms with Gasteiger partial charge in [-0.15, -0.1) is 0 Å². The summed E-state index contributed by atoms with van der Waals surface area (Å²) >= 11 is 0. The maximum Gasteiger partial charge on any atom is 0.234 e. The fourth-order valence-corrected chi connectivity index (χ4v) is 3.07. The summed E-state index contributed by atoms with van der Waals surface area (Å²) in [5, 5.41) is 12.1. The summed E-state index contributed by atoms with van der Waals surface area (Å²) in [7, 11) is 0. The van der Waals surface area contributed by atoms with Crippen molar-refractivity contribution in [3.05, 3.63) is 29.8 Å². The number of hydrogen-bond acceptors (Lipinski definition) is 7. The van der Waals surface area contributed by atoms with Gasteiger partial charge in [0.15, 0.2) is 5.89 Å². The van der Waals surface area contributed by atoms with Crippen LogP contribution in [0.3, 0.4) is 0 Å². The van der Waals surface area contributed by atoms with E-state index in [-0.39, 0.29) is 17.2 Å². The minimum Gasteiger partial charge on any atom is -0.424 e. The number of nitrogens with zero attached hydrogens (tertiary/aromatic N) is 5. The van der Waals surface area contributed by atoms with Crippen molar-refractivity contribution in [1.82, 2.24) is 15.0 Å². The predicted molar refractivity (Wildman–Crippen MR) is 100 cm³/mol. The molecular formula is C19H24N6O2. The molecule has 1 aliphatic rings. The standard InChI is InChI=1S/C19H24N6O2/c1-12-23-15(9-20)17(27-12)25-7-5-13(6-8-25)16(26)24-14-10-21-18(22-11-14)19(2,3)4/h10-11,13H,5-8H2,1-4H3,(H,24,26). The van der Waals surface area contributed by atoms with Crippen LogP contribution in [0.5, 0.6) is 0 Å². The first-order chi connectivity index (χ1) is 12.8. The maximum atomic E-state index is 12.5. The van der Waals surface area contributed by atoms with Crippen molar-refractivity contribution in [3.8, 4) is 6.07 Å². The Morgan fingerprint density at radius 3 is 2.48 bits per heavy atom. The smallest absolute Gasteiger partial charge is 0.234 e. The highest BCUT2D eigenvalue weighted by molar-refractivity contribution is 5.92. The number of carbonyl (C=O) groups excluding carboxylic acids is 1. The highest BCUT2D eigenvalue weighted by Crippen LogP contribution is 2.27. The summed E-state index contributed by atoms with van der Waals surface area (Å²) in [5.41, 5.74) is 0.774. The van der Waals surface area contributed by atoms with E-state index >= 15 is 0 Å². The third-order valence-electron chi connectivity index (χ3n) is 4.57. The highest BCUT2D eigenvalue weighted by atomic mass is 16.4. The van der Waals surface area contributed by atoms with Crippen LogP contribution in [0.15, 0.2) is 16.8 Å². The lowest BCUT2D eigenvalue weighted by Gasteiger charge is -2.30. The van der Waals surface area contributed by atoms with Crippen molar-refractivity contribution in [1.29, 1.82) is 5.26 Å². The lowest BCUT2D eigenvalue weighted by molar-refractivity contribution is -0.120. The maximum absolute atomic E-state index is 12.5. The monoisotopic (exact) mass is 368 g/mol. The quantitative estimate of drug-likeness (QED) is 0.887. The zero-order chi connectivity index (χ0) is 19.6. The molecule has 27 heavy (non-hydrogen) atoms. The van der Waals surface area contributed by atoms with E-state index in [0.717, 1.165) is 5.82 Å². The average Bonchev–Trinajstić information content (AvgIpc) is 3.02. The van der Waals surface area contributed by atoms with Gasteiger partial charge in [0.2, 0.25) is 17.5 Å². The molecule has 1 saturated heterocycles. The molecule has 0 aliphatic carbocycles. The zero-order valence-corrected chi connectivity index (χ0v) is 16.1. The van der Waals surface area contributed by atoms with Crippen molar-refractivity contribution in [2.45, 2.75) is 46.0 Å². The Kier molecular flexibility index (Phi) is 5.13. The average molecular weight is 368 g/mol. The Bertz CT molecular complexity index is 852. The number of aromatic nitrogens is 3. The normalized spacial score (nSPS) is 15.4. The fraction of sp³-hybridized carbons (Fsp3) is 0.526. The largest absolute Gasteiger partial charge is 0.424 e. The first-order valence-corrected chi connectivity index (χ1v) is 9.04. The van der Waals surface area contributed by atoms with Crippen LogP contribution in [0, 0.1) is 24.2 Å². The van der Waals surface area contributed by atoms with Crippen LogP contribution >= 0.6 is 0 Å². The summed E-state index contributed by atoms with van der Waals surface area (Å²) in [4.78, 5) is 27.3. The molecule has 2 aromatic heterocycles. The number of carbonyl (C=O) groups is 1. The van der Waals surface area contributed by atoms with E-state index in [0.29, 0.717) is 49.1 Å². The third-order valence-corrected chi connectivity index (χ3v) is 4.57. The van der Waals surface area contributed by atoms with E-state index < -0.39 is 0 Å². The van der Waals surface area contributed by atoms with Crippen LogP contribution in [0.4, 0.5) is 11.6 Å². The molecule has 0 aromatic carbocycles. The molecule has 142 valence electrons. The Morgan fingerprint density at radius 1 is 1.30 bits per heavy atom. The van der Waals surface area contributed by atoms with E-state index in [1.807, 2.05) is 25.7 Å². The molecule has 0 saturated carbocycles. The number of nitriles is 1. The second-order valence-corrected chi connectivity index (χ2v) is 7.79. The van der Waals surface area contributed by atoms with Crippen LogP contribution in [-0.2, 0) is 10.2 Å². The van der Waals surface area contributed by atoms with E-state index in [1.165, 1.54) is 0 Å². The van der Waals surface area contributed by atoms with Crippen molar-refractivity contribution in [2.75, 3.05) is 23.3 Å². The van der Waals surface area contributed by atoms with E-state index in [4.69, 9.17) is 9.68 Å². The Balaban J connectivity index is 1.58. The number of piperidine rings is 1. The Labute approximate surface area is 158 Å². The fourth-order valence-electron chi connectivity index (χ4n) is 3.07. The van der Waals surface area contributed by atoms with Crippen LogP contribution < -0.4 is 10.2 Å². The van der Waals surface area contributed by atoms with Gasteiger partial charge in [0.25, 0.3) is 0 Å². The first-order valence-electron chi connectivity index (χ1n) is 9.04. The first kappa shape index (κ1) is 18.8. The van der Waals surface area contributed by atoms with Gasteiger partial charge >= 0.3 is 0 Å². The molecule has 0 atom stereocenters. The number of amides is 1. The minimum atomic E-state index is -0.128. The zero-order valence-electron chi connectivity index (χ0n) is 16.1. The highest BCUT2D eigenvalue weighted by Gasteiger charge is 2.28. The van der Waals surface area contributed by atoms with Gasteiger partial charge in [0.05, 0.1) is 18.1 Å². The second-order valence-electron chi connectivity index (χ2n) is 7.79. The molecule has 1 amide bonds. The lowest BCUT2D eigenvalue weighted by Crippen LogP contribution is -2.38. The number of aryl methyl sites for hydroxylation is 1. The number of hydrogen-bond donors (Lipinski definition) is 1. The molecular weight excluding hydrogens is 344 g/mol. The Hall–Kier alpha value is -2.95. The minimum absolute atomic E-state index is 0.0315. The summed E-state index contributed by atoms with van der Waals surface area (Å²) in [5.74, 6) is 1.58. The number of anilines is 2. The van der Waals surface area contributed by atoms with Gasteiger partial charge in [-0.1, -0.05) is 20.8 Å². The number of nitrogens with one attached hydrogen (secondary N) is 1. The van der Waals surface area contributed by atoms with Gasteiger partial charge < -0.3 is 14.6 Å². The molecule has 8 nitrogen and oxygen atoms in total. The summed E-state index contributed by atoms with van der Waals surface area (Å²) in [6.07, 6.45) is 4.66. The SMILES string of the molecule is Cc1nc(C#N)c(N2CCC(C(=O)Nc3cnc(C(C)(C)C)nc3)CC2)o1. The molecule has 3 rings (SSSR count). The van der Waals surface area contributed by atoms with E-state index in [2.05, 4.69) is 26.3 Å². The third kappa shape index (κ3) is 4.25. The Morgan fingerprint density at radius 2 is 1.93 bits per heavy atom. The number of rotatable bonds is 3. The predicted octanol–water partition coefficient (Wildman–Crippen LogP) is 2.80. The van der Waals surface area contributed by atoms with Gasteiger partial charge in [-0.05, 0) is 12.8 Å². The molecule has 2 aromatic rings. The number of oxazole rings is 1.